The van der Waals surface area contributed by atoms with E-state index < -0.39 is 0 Å². The summed E-state index contributed by atoms with van der Waals surface area (Å²) >= 11 is 0. The molecule has 2 rings (SSSR count). The van der Waals surface area contributed by atoms with Crippen molar-refractivity contribution >= 4 is 5.82 Å². The Balaban J connectivity index is 2.58. The summed E-state index contributed by atoms with van der Waals surface area (Å²) in [5.41, 5.74) is 6.35. The summed E-state index contributed by atoms with van der Waals surface area (Å²) in [5.74, 6) is 0.0861. The molecule has 0 saturated heterocycles. The number of nitrogen functional groups attached to an aromatic ring is 1. The van der Waals surface area contributed by atoms with Crippen LogP contribution >= 0.6 is 0 Å². The lowest BCUT2D eigenvalue weighted by atomic mass is 10.2. The van der Waals surface area contributed by atoms with Crippen molar-refractivity contribution in [3.63, 3.8) is 0 Å². The highest BCUT2D eigenvalue weighted by molar-refractivity contribution is 5.57. The van der Waals surface area contributed by atoms with Gasteiger partial charge in [-0.25, -0.2) is 9.37 Å². The van der Waals surface area contributed by atoms with Crippen LogP contribution in [0.2, 0.25) is 0 Å². The van der Waals surface area contributed by atoms with Gasteiger partial charge in [0, 0.05) is 5.56 Å². The van der Waals surface area contributed by atoms with Gasteiger partial charge in [0.25, 0.3) is 5.56 Å². The number of nitrogens with one attached hydrogen (secondary N) is 1. The fraction of sp³-hybridized carbons (Fsp3) is 0.167. The zero-order valence-electron chi connectivity index (χ0n) is 9.33. The number of aromatic nitrogens is 2. The Bertz CT molecular complexity index is 607. The van der Waals surface area contributed by atoms with Crippen molar-refractivity contribution in [2.75, 3.05) is 5.73 Å². The second-order valence-corrected chi connectivity index (χ2v) is 3.64. The molecule has 88 valence electrons. The van der Waals surface area contributed by atoms with Gasteiger partial charge in [-0.15, -0.1) is 0 Å². The van der Waals surface area contributed by atoms with Crippen LogP contribution in [0.15, 0.2) is 29.1 Å². The lowest BCUT2D eigenvalue weighted by Gasteiger charge is -2.05. The molecule has 1 heterocycles. The van der Waals surface area contributed by atoms with Crippen molar-refractivity contribution in [3.05, 3.63) is 46.0 Å². The summed E-state index contributed by atoms with van der Waals surface area (Å²) in [6.07, 6.45) is 0.512. The number of aromatic amines is 1. The van der Waals surface area contributed by atoms with Gasteiger partial charge in [0.15, 0.2) is 0 Å². The molecule has 0 atom stereocenters. The number of hydrogen-bond acceptors (Lipinski definition) is 3. The highest BCUT2D eigenvalue weighted by Crippen LogP contribution is 2.16. The maximum Gasteiger partial charge on any atom is 0.256 e. The molecule has 0 aliphatic heterocycles. The topological polar surface area (TPSA) is 71.8 Å². The Morgan fingerprint density at radius 1 is 1.47 bits per heavy atom. The van der Waals surface area contributed by atoms with E-state index in [9.17, 15) is 9.18 Å². The Labute approximate surface area is 97.3 Å². The van der Waals surface area contributed by atoms with Crippen LogP contribution in [0.4, 0.5) is 10.2 Å². The molecule has 0 spiro atoms. The van der Waals surface area contributed by atoms with Crippen LogP contribution in [0, 0.1) is 5.82 Å². The summed E-state index contributed by atoms with van der Waals surface area (Å²) in [5, 5.41) is 0. The van der Waals surface area contributed by atoms with Crippen LogP contribution in [-0.4, -0.2) is 9.97 Å². The first-order valence-electron chi connectivity index (χ1n) is 5.26. The van der Waals surface area contributed by atoms with Crippen molar-refractivity contribution in [1.29, 1.82) is 0 Å². The number of hydrogen-bond donors (Lipinski definition) is 2. The molecule has 0 saturated carbocycles. The smallest absolute Gasteiger partial charge is 0.256 e. The molecule has 0 aliphatic carbocycles. The van der Waals surface area contributed by atoms with Gasteiger partial charge in [0.2, 0.25) is 0 Å². The van der Waals surface area contributed by atoms with E-state index in [2.05, 4.69) is 9.97 Å². The zero-order valence-corrected chi connectivity index (χ0v) is 9.33. The number of H-pyrrole nitrogens is 1. The van der Waals surface area contributed by atoms with E-state index in [0.717, 1.165) is 0 Å². The average molecular weight is 233 g/mol. The minimum atomic E-state index is -0.386. The lowest BCUT2D eigenvalue weighted by molar-refractivity contribution is 0.628. The normalized spacial score (nSPS) is 10.5. The minimum absolute atomic E-state index is 0.190. The molecule has 17 heavy (non-hydrogen) atoms. The van der Waals surface area contributed by atoms with E-state index in [-0.39, 0.29) is 23.0 Å². The van der Waals surface area contributed by atoms with E-state index in [1.807, 2.05) is 6.92 Å². The van der Waals surface area contributed by atoms with Gasteiger partial charge in [-0.3, -0.25) is 4.79 Å². The third-order valence-electron chi connectivity index (χ3n) is 2.50. The molecule has 0 fully saturated rings. The fourth-order valence-electron chi connectivity index (χ4n) is 1.63. The number of halogens is 1. The maximum absolute atomic E-state index is 13.0. The number of nitrogens with two attached hydrogens (primary N) is 1. The maximum atomic E-state index is 13.0. The molecule has 0 amide bonds. The molecular weight excluding hydrogens is 221 g/mol. The van der Waals surface area contributed by atoms with E-state index in [0.29, 0.717) is 17.5 Å². The molecule has 2 aromatic rings. The molecule has 1 aromatic carbocycles. The van der Waals surface area contributed by atoms with Crippen molar-refractivity contribution in [1.82, 2.24) is 9.97 Å². The third-order valence-corrected chi connectivity index (χ3v) is 2.50. The summed E-state index contributed by atoms with van der Waals surface area (Å²) in [6, 6.07) is 5.83. The minimum Gasteiger partial charge on any atom is -0.383 e. The predicted octanol–water partition coefficient (Wildman–Crippen LogP) is 1.72. The lowest BCUT2D eigenvalue weighted by Crippen LogP contribution is -2.17. The average Bonchev–Trinajstić information content (AvgIpc) is 2.28. The molecule has 5 heteroatoms. The first kappa shape index (κ1) is 11.3. The standard InChI is InChI=1S/C12H12FN3O/c1-2-9-10(14)15-11(16-12(9)17)7-4-3-5-8(13)6-7/h3-6H,2H2,1H3,(H3,14,15,16,17). The van der Waals surface area contributed by atoms with E-state index in [1.165, 1.54) is 12.1 Å². The predicted molar refractivity (Wildman–Crippen MR) is 64.0 cm³/mol. The quantitative estimate of drug-likeness (QED) is 0.829. The molecule has 0 unspecified atom stereocenters. The fourth-order valence-corrected chi connectivity index (χ4v) is 1.63. The second-order valence-electron chi connectivity index (χ2n) is 3.64. The van der Waals surface area contributed by atoms with Crippen LogP contribution in [0.3, 0.4) is 0 Å². The number of benzene rings is 1. The van der Waals surface area contributed by atoms with Crippen LogP contribution in [0.25, 0.3) is 11.4 Å². The Kier molecular flexibility index (Phi) is 2.91. The first-order chi connectivity index (χ1) is 8.11. The van der Waals surface area contributed by atoms with E-state index in [4.69, 9.17) is 5.73 Å². The van der Waals surface area contributed by atoms with Crippen molar-refractivity contribution < 1.29 is 4.39 Å². The molecule has 3 N–H and O–H groups in total. The summed E-state index contributed by atoms with van der Waals surface area (Å²) in [7, 11) is 0. The number of anilines is 1. The van der Waals surface area contributed by atoms with Gasteiger partial charge in [-0.1, -0.05) is 19.1 Å². The van der Waals surface area contributed by atoms with Crippen molar-refractivity contribution in [2.45, 2.75) is 13.3 Å². The van der Waals surface area contributed by atoms with E-state index >= 15 is 0 Å². The molecular formula is C12H12FN3O. The van der Waals surface area contributed by atoms with Gasteiger partial charge in [-0.2, -0.15) is 0 Å². The Hall–Kier alpha value is -2.17. The third kappa shape index (κ3) is 2.18. The Morgan fingerprint density at radius 3 is 2.82 bits per heavy atom. The van der Waals surface area contributed by atoms with E-state index in [1.54, 1.807) is 12.1 Å². The molecule has 4 nitrogen and oxygen atoms in total. The monoisotopic (exact) mass is 233 g/mol. The molecule has 1 aromatic heterocycles. The molecule has 0 radical (unpaired) electrons. The first-order valence-corrected chi connectivity index (χ1v) is 5.26. The largest absolute Gasteiger partial charge is 0.383 e. The highest BCUT2D eigenvalue weighted by Gasteiger charge is 2.08. The van der Waals surface area contributed by atoms with Gasteiger partial charge >= 0.3 is 0 Å². The van der Waals surface area contributed by atoms with Gasteiger partial charge in [0.1, 0.15) is 17.5 Å². The Morgan fingerprint density at radius 2 is 2.24 bits per heavy atom. The summed E-state index contributed by atoms with van der Waals surface area (Å²) < 4.78 is 13.0. The number of nitrogens with zero attached hydrogens (tertiary/aromatic N) is 1. The van der Waals surface area contributed by atoms with Crippen LogP contribution in [-0.2, 0) is 6.42 Å². The summed E-state index contributed by atoms with van der Waals surface area (Å²) in [6.45, 7) is 1.82. The van der Waals surface area contributed by atoms with Crippen LogP contribution in [0.5, 0.6) is 0 Å². The van der Waals surface area contributed by atoms with Crippen molar-refractivity contribution in [2.24, 2.45) is 0 Å². The summed E-state index contributed by atoms with van der Waals surface area (Å²) in [4.78, 5) is 18.4. The molecule has 0 bridgehead atoms. The van der Waals surface area contributed by atoms with Gasteiger partial charge in [-0.05, 0) is 18.6 Å². The zero-order chi connectivity index (χ0) is 12.4. The van der Waals surface area contributed by atoms with Crippen LogP contribution < -0.4 is 11.3 Å². The van der Waals surface area contributed by atoms with Crippen molar-refractivity contribution in [3.8, 4) is 11.4 Å². The van der Waals surface area contributed by atoms with Crippen LogP contribution in [0.1, 0.15) is 12.5 Å². The molecule has 0 aliphatic rings. The second kappa shape index (κ2) is 4.37. The van der Waals surface area contributed by atoms with Gasteiger partial charge < -0.3 is 10.7 Å². The number of rotatable bonds is 2. The van der Waals surface area contributed by atoms with Gasteiger partial charge in [0.05, 0.1) is 5.56 Å². The highest BCUT2D eigenvalue weighted by atomic mass is 19.1. The SMILES string of the molecule is CCc1c(N)nc(-c2cccc(F)c2)[nH]c1=O.